The molecule has 0 saturated heterocycles. The van der Waals surface area contributed by atoms with Crippen LogP contribution in [-0.4, -0.2) is 11.2 Å². The largest absolute Gasteiger partial charge is 0.354 e. The summed E-state index contributed by atoms with van der Waals surface area (Å²) in [5.41, 5.74) is 4.45. The van der Waals surface area contributed by atoms with E-state index in [1.54, 1.807) is 0 Å². The Hall–Kier alpha value is -2.51. The van der Waals surface area contributed by atoms with Crippen molar-refractivity contribution in [3.8, 4) is 6.07 Å². The van der Waals surface area contributed by atoms with Crippen molar-refractivity contribution in [3.05, 3.63) is 59.7 Å². The predicted octanol–water partition coefficient (Wildman–Crippen LogP) is 4.88. The van der Waals surface area contributed by atoms with Gasteiger partial charge in [0.1, 0.15) is 16.7 Å². The maximum absolute atomic E-state index is 9.58. The number of benzene rings is 2. The molecule has 3 aromatic rings. The van der Waals surface area contributed by atoms with Gasteiger partial charge in [0.05, 0.1) is 11.2 Å². The average Bonchev–Trinajstić information content (AvgIpc) is 2.54. The SMILES string of the molecule is CSc1nc2ccccc2c(Nc2cccc(C)c2)c1C#N. The summed E-state index contributed by atoms with van der Waals surface area (Å²) in [6, 6.07) is 18.3. The highest BCUT2D eigenvalue weighted by molar-refractivity contribution is 7.98. The first-order chi connectivity index (χ1) is 10.7. The number of hydrogen-bond donors (Lipinski definition) is 1. The van der Waals surface area contributed by atoms with E-state index < -0.39 is 0 Å². The zero-order chi connectivity index (χ0) is 15.5. The molecule has 3 nitrogen and oxygen atoms in total. The molecule has 0 bridgehead atoms. The first-order valence-electron chi connectivity index (χ1n) is 6.93. The van der Waals surface area contributed by atoms with Gasteiger partial charge in [-0.2, -0.15) is 5.26 Å². The molecule has 22 heavy (non-hydrogen) atoms. The fourth-order valence-electron chi connectivity index (χ4n) is 2.44. The molecular formula is C18H15N3S. The second-order valence-corrected chi connectivity index (χ2v) is 5.79. The Kier molecular flexibility index (Phi) is 3.99. The lowest BCUT2D eigenvalue weighted by Crippen LogP contribution is -1.99. The Bertz CT molecular complexity index is 881. The lowest BCUT2D eigenvalue weighted by atomic mass is 10.1. The van der Waals surface area contributed by atoms with Crippen molar-refractivity contribution in [2.75, 3.05) is 11.6 Å². The van der Waals surface area contributed by atoms with Crippen LogP contribution in [-0.2, 0) is 0 Å². The van der Waals surface area contributed by atoms with Crippen molar-refractivity contribution < 1.29 is 0 Å². The van der Waals surface area contributed by atoms with E-state index in [0.29, 0.717) is 5.56 Å². The van der Waals surface area contributed by atoms with Crippen LogP contribution in [0.15, 0.2) is 53.6 Å². The zero-order valence-electron chi connectivity index (χ0n) is 12.4. The summed E-state index contributed by atoms with van der Waals surface area (Å²) in [6.07, 6.45) is 1.94. The van der Waals surface area contributed by atoms with Gasteiger partial charge < -0.3 is 5.32 Å². The van der Waals surface area contributed by atoms with Gasteiger partial charge in [-0.3, -0.25) is 0 Å². The third-order valence-electron chi connectivity index (χ3n) is 3.45. The third-order valence-corrected chi connectivity index (χ3v) is 4.13. The van der Waals surface area contributed by atoms with E-state index in [1.165, 1.54) is 17.3 Å². The average molecular weight is 305 g/mol. The van der Waals surface area contributed by atoms with E-state index in [-0.39, 0.29) is 0 Å². The zero-order valence-corrected chi connectivity index (χ0v) is 13.2. The summed E-state index contributed by atoms with van der Waals surface area (Å²) in [5.74, 6) is 0. The molecule has 0 atom stereocenters. The van der Waals surface area contributed by atoms with Crippen LogP contribution in [0.2, 0.25) is 0 Å². The Morgan fingerprint density at radius 1 is 1.14 bits per heavy atom. The number of para-hydroxylation sites is 1. The van der Waals surface area contributed by atoms with Crippen molar-refractivity contribution in [1.82, 2.24) is 4.98 Å². The number of nitrogens with zero attached hydrogens (tertiary/aromatic N) is 2. The third kappa shape index (κ3) is 2.63. The Balaban J connectivity index is 2.24. The first kappa shape index (κ1) is 14.4. The quantitative estimate of drug-likeness (QED) is 0.701. The second-order valence-electron chi connectivity index (χ2n) is 4.99. The van der Waals surface area contributed by atoms with Crippen LogP contribution in [0.3, 0.4) is 0 Å². The standard InChI is InChI=1S/C18H15N3S/c1-12-6-5-7-13(10-12)20-17-14-8-3-4-9-16(14)21-18(22-2)15(17)11-19/h3-10H,1-2H3,(H,20,21). The molecule has 1 aromatic heterocycles. The Morgan fingerprint density at radius 3 is 2.68 bits per heavy atom. The van der Waals surface area contributed by atoms with Crippen molar-refractivity contribution >= 4 is 34.0 Å². The number of rotatable bonds is 3. The lowest BCUT2D eigenvalue weighted by Gasteiger charge is -2.14. The molecule has 2 aromatic carbocycles. The molecule has 1 heterocycles. The molecule has 0 spiro atoms. The molecule has 0 fully saturated rings. The summed E-state index contributed by atoms with van der Waals surface area (Å²) in [6.45, 7) is 2.05. The molecule has 1 N–H and O–H groups in total. The van der Waals surface area contributed by atoms with Crippen molar-refractivity contribution in [1.29, 1.82) is 5.26 Å². The first-order valence-corrected chi connectivity index (χ1v) is 8.16. The maximum Gasteiger partial charge on any atom is 0.116 e. The fourth-order valence-corrected chi connectivity index (χ4v) is 2.98. The van der Waals surface area contributed by atoms with E-state index in [9.17, 15) is 5.26 Å². The van der Waals surface area contributed by atoms with Gasteiger partial charge in [0.15, 0.2) is 0 Å². The molecule has 0 saturated carbocycles. The van der Waals surface area contributed by atoms with Gasteiger partial charge in [0.2, 0.25) is 0 Å². The number of aromatic nitrogens is 1. The molecule has 4 heteroatoms. The van der Waals surface area contributed by atoms with Crippen LogP contribution in [0.5, 0.6) is 0 Å². The molecule has 0 aliphatic carbocycles. The van der Waals surface area contributed by atoms with E-state index >= 15 is 0 Å². The number of nitriles is 1. The van der Waals surface area contributed by atoms with Gasteiger partial charge in [-0.1, -0.05) is 30.3 Å². The smallest absolute Gasteiger partial charge is 0.116 e. The van der Waals surface area contributed by atoms with E-state index in [2.05, 4.69) is 22.4 Å². The normalized spacial score (nSPS) is 10.4. The molecule has 0 aliphatic rings. The molecular weight excluding hydrogens is 290 g/mol. The van der Waals surface area contributed by atoms with Gasteiger partial charge >= 0.3 is 0 Å². The number of thioether (sulfide) groups is 1. The molecule has 0 amide bonds. The van der Waals surface area contributed by atoms with Gasteiger partial charge in [0.25, 0.3) is 0 Å². The highest BCUT2D eigenvalue weighted by Crippen LogP contribution is 2.34. The topological polar surface area (TPSA) is 48.7 Å². The number of nitrogens with one attached hydrogen (secondary N) is 1. The van der Waals surface area contributed by atoms with Crippen LogP contribution in [0.1, 0.15) is 11.1 Å². The summed E-state index contributed by atoms with van der Waals surface area (Å²) in [4.78, 5) is 4.58. The maximum atomic E-state index is 9.58. The van der Waals surface area contributed by atoms with Gasteiger partial charge in [0, 0.05) is 11.1 Å². The molecule has 0 radical (unpaired) electrons. The monoisotopic (exact) mass is 305 g/mol. The minimum absolute atomic E-state index is 0.590. The predicted molar refractivity (Wildman–Crippen MR) is 92.7 cm³/mol. The second kappa shape index (κ2) is 6.08. The summed E-state index contributed by atoms with van der Waals surface area (Å²) >= 11 is 1.49. The number of fused-ring (bicyclic) bond motifs is 1. The number of pyridine rings is 1. The molecule has 108 valence electrons. The number of aryl methyl sites for hydroxylation is 1. The van der Waals surface area contributed by atoms with Crippen LogP contribution < -0.4 is 5.32 Å². The lowest BCUT2D eigenvalue weighted by molar-refractivity contribution is 1.17. The summed E-state index contributed by atoms with van der Waals surface area (Å²) < 4.78 is 0. The van der Waals surface area contributed by atoms with Crippen molar-refractivity contribution in [2.45, 2.75) is 11.9 Å². The van der Waals surface area contributed by atoms with Gasteiger partial charge in [-0.25, -0.2) is 4.98 Å². The fraction of sp³-hybridized carbons (Fsp3) is 0.111. The van der Waals surface area contributed by atoms with Gasteiger partial charge in [-0.15, -0.1) is 11.8 Å². The summed E-state index contributed by atoms with van der Waals surface area (Å²) in [7, 11) is 0. The molecule has 0 unspecified atom stereocenters. The van der Waals surface area contributed by atoms with Crippen LogP contribution in [0, 0.1) is 18.3 Å². The molecule has 3 rings (SSSR count). The van der Waals surface area contributed by atoms with E-state index in [1.807, 2.05) is 55.6 Å². The number of anilines is 2. The van der Waals surface area contributed by atoms with Crippen LogP contribution in [0.4, 0.5) is 11.4 Å². The molecule has 0 aliphatic heterocycles. The highest BCUT2D eigenvalue weighted by atomic mass is 32.2. The van der Waals surface area contributed by atoms with Crippen molar-refractivity contribution in [3.63, 3.8) is 0 Å². The minimum atomic E-state index is 0.590. The van der Waals surface area contributed by atoms with E-state index in [4.69, 9.17) is 0 Å². The highest BCUT2D eigenvalue weighted by Gasteiger charge is 2.14. The van der Waals surface area contributed by atoms with Crippen molar-refractivity contribution in [2.24, 2.45) is 0 Å². The summed E-state index contributed by atoms with van der Waals surface area (Å²) in [5, 5.41) is 14.7. The van der Waals surface area contributed by atoms with Crippen LogP contribution in [0.25, 0.3) is 10.9 Å². The number of hydrogen-bond acceptors (Lipinski definition) is 4. The Morgan fingerprint density at radius 2 is 1.95 bits per heavy atom. The minimum Gasteiger partial charge on any atom is -0.354 e. The Labute approximate surface area is 134 Å². The van der Waals surface area contributed by atoms with E-state index in [0.717, 1.165) is 27.3 Å². The van der Waals surface area contributed by atoms with Gasteiger partial charge in [-0.05, 0) is 36.9 Å². The van der Waals surface area contributed by atoms with Crippen LogP contribution >= 0.6 is 11.8 Å².